The molecule has 3 rings (SSSR count). The van der Waals surface area contributed by atoms with Gasteiger partial charge in [0.2, 0.25) is 5.71 Å². The van der Waals surface area contributed by atoms with Gasteiger partial charge >= 0.3 is 5.97 Å². The van der Waals surface area contributed by atoms with Gasteiger partial charge in [-0.05, 0) is 19.9 Å². The molecule has 0 saturated heterocycles. The number of rotatable bonds is 4. The van der Waals surface area contributed by atoms with Crippen LogP contribution in [0.25, 0.3) is 17.2 Å². The summed E-state index contributed by atoms with van der Waals surface area (Å²) in [5, 5.41) is 5.12. The standard InChI is InChI=1S/C15H16N2O3S/c1-3-19-12(18)8-21-15-10-5-4-6-16-13(10)11-7-9(2)20-14(11)17-15/h4-5,7,16H,3,6,8H2,1-2H3. The predicted octanol–water partition coefficient (Wildman–Crippen LogP) is 3.23. The summed E-state index contributed by atoms with van der Waals surface area (Å²) in [4.78, 5) is 16.1. The average Bonchev–Trinajstić information content (AvgIpc) is 2.85. The van der Waals surface area contributed by atoms with E-state index in [9.17, 15) is 4.79 Å². The van der Waals surface area contributed by atoms with Crippen molar-refractivity contribution in [3.8, 4) is 0 Å². The van der Waals surface area contributed by atoms with Crippen LogP contribution in [0.4, 0.5) is 5.69 Å². The van der Waals surface area contributed by atoms with Gasteiger partial charge in [0.1, 0.15) is 10.8 Å². The maximum absolute atomic E-state index is 11.5. The fraction of sp³-hybridized carbons (Fsp3) is 0.333. The maximum Gasteiger partial charge on any atom is 0.316 e. The number of thioether (sulfide) groups is 1. The first-order chi connectivity index (χ1) is 10.2. The highest BCUT2D eigenvalue weighted by atomic mass is 32.2. The molecule has 0 spiro atoms. The fourth-order valence-corrected chi connectivity index (χ4v) is 3.10. The molecule has 0 unspecified atom stereocenters. The first kappa shape index (κ1) is 14.0. The predicted molar refractivity (Wildman–Crippen MR) is 83.6 cm³/mol. The molecule has 0 saturated carbocycles. The van der Waals surface area contributed by atoms with E-state index in [0.29, 0.717) is 12.3 Å². The number of aromatic nitrogens is 1. The smallest absolute Gasteiger partial charge is 0.316 e. The third kappa shape index (κ3) is 2.76. The molecule has 0 bridgehead atoms. The third-order valence-corrected chi connectivity index (χ3v) is 4.09. The van der Waals surface area contributed by atoms with Gasteiger partial charge in [0.25, 0.3) is 0 Å². The van der Waals surface area contributed by atoms with Crippen LogP contribution in [0.1, 0.15) is 18.2 Å². The van der Waals surface area contributed by atoms with E-state index in [-0.39, 0.29) is 11.7 Å². The molecule has 6 heteroatoms. The van der Waals surface area contributed by atoms with Gasteiger partial charge in [0.05, 0.1) is 23.4 Å². The van der Waals surface area contributed by atoms with E-state index in [1.54, 1.807) is 6.92 Å². The van der Waals surface area contributed by atoms with Crippen molar-refractivity contribution in [1.29, 1.82) is 0 Å². The molecule has 2 aromatic rings. The van der Waals surface area contributed by atoms with Gasteiger partial charge in [-0.25, -0.2) is 4.98 Å². The Balaban J connectivity index is 1.98. The van der Waals surface area contributed by atoms with Gasteiger partial charge in [-0.1, -0.05) is 23.9 Å². The number of anilines is 1. The lowest BCUT2D eigenvalue weighted by Crippen LogP contribution is -2.09. The number of ether oxygens (including phenoxy) is 1. The number of carbonyl (C=O) groups is 1. The molecule has 0 aromatic carbocycles. The Morgan fingerprint density at radius 2 is 2.43 bits per heavy atom. The second kappa shape index (κ2) is 5.81. The first-order valence-corrected chi connectivity index (χ1v) is 7.80. The van der Waals surface area contributed by atoms with Crippen LogP contribution < -0.4 is 5.32 Å². The number of esters is 1. The number of hydrogen-bond acceptors (Lipinski definition) is 6. The number of hydrogen-bond donors (Lipinski definition) is 1. The topological polar surface area (TPSA) is 64.4 Å². The molecule has 0 amide bonds. The number of furan rings is 1. The summed E-state index contributed by atoms with van der Waals surface area (Å²) >= 11 is 1.37. The quantitative estimate of drug-likeness (QED) is 0.691. The van der Waals surface area contributed by atoms with E-state index in [0.717, 1.165) is 34.0 Å². The molecule has 5 nitrogen and oxygen atoms in total. The number of carbonyl (C=O) groups excluding carboxylic acids is 1. The second-order valence-corrected chi connectivity index (χ2v) is 5.62. The summed E-state index contributed by atoms with van der Waals surface area (Å²) < 4.78 is 10.6. The molecule has 2 aromatic heterocycles. The van der Waals surface area contributed by atoms with Crippen molar-refractivity contribution < 1.29 is 13.9 Å². The molecule has 1 N–H and O–H groups in total. The van der Waals surface area contributed by atoms with Crippen LogP contribution in [0.15, 0.2) is 21.6 Å². The molecule has 110 valence electrons. The van der Waals surface area contributed by atoms with Crippen LogP contribution in [0.2, 0.25) is 0 Å². The average molecular weight is 304 g/mol. The van der Waals surface area contributed by atoms with Crippen molar-refractivity contribution in [2.24, 2.45) is 0 Å². The van der Waals surface area contributed by atoms with Crippen molar-refractivity contribution >= 4 is 40.6 Å². The summed E-state index contributed by atoms with van der Waals surface area (Å²) in [5.41, 5.74) is 2.62. The second-order valence-electron chi connectivity index (χ2n) is 4.66. The number of fused-ring (bicyclic) bond motifs is 3. The number of aryl methyl sites for hydroxylation is 1. The summed E-state index contributed by atoms with van der Waals surface area (Å²) in [6.45, 7) is 4.87. The van der Waals surface area contributed by atoms with Crippen molar-refractivity contribution in [1.82, 2.24) is 4.98 Å². The number of nitrogens with zero attached hydrogens (tertiary/aromatic N) is 1. The van der Waals surface area contributed by atoms with Crippen LogP contribution >= 0.6 is 11.8 Å². The molecule has 1 aliphatic rings. The number of nitrogens with one attached hydrogen (secondary N) is 1. The lowest BCUT2D eigenvalue weighted by atomic mass is 10.1. The van der Waals surface area contributed by atoms with Gasteiger partial charge in [-0.2, -0.15) is 0 Å². The van der Waals surface area contributed by atoms with Crippen LogP contribution in [-0.2, 0) is 9.53 Å². The molecule has 3 heterocycles. The molecule has 0 atom stereocenters. The monoisotopic (exact) mass is 304 g/mol. The molecular weight excluding hydrogens is 288 g/mol. The summed E-state index contributed by atoms with van der Waals surface area (Å²) in [5.74, 6) is 0.830. The molecule has 0 aliphatic carbocycles. The third-order valence-electron chi connectivity index (χ3n) is 3.12. The van der Waals surface area contributed by atoms with Gasteiger partial charge in [-0.15, -0.1) is 0 Å². The largest absolute Gasteiger partial charge is 0.465 e. The minimum Gasteiger partial charge on any atom is -0.465 e. The Bertz CT molecular complexity index is 721. The summed E-state index contributed by atoms with van der Waals surface area (Å²) in [7, 11) is 0. The number of pyridine rings is 1. The van der Waals surface area contributed by atoms with E-state index < -0.39 is 0 Å². The highest BCUT2D eigenvalue weighted by Crippen LogP contribution is 2.37. The minimum atomic E-state index is -0.235. The van der Waals surface area contributed by atoms with E-state index in [1.807, 2.05) is 25.1 Å². The highest BCUT2D eigenvalue weighted by Gasteiger charge is 2.19. The van der Waals surface area contributed by atoms with Crippen LogP contribution in [0, 0.1) is 6.92 Å². The maximum atomic E-state index is 11.5. The van der Waals surface area contributed by atoms with E-state index >= 15 is 0 Å². The van der Waals surface area contributed by atoms with Gasteiger partial charge < -0.3 is 14.5 Å². The minimum absolute atomic E-state index is 0.235. The lowest BCUT2D eigenvalue weighted by molar-refractivity contribution is -0.139. The molecule has 21 heavy (non-hydrogen) atoms. The highest BCUT2D eigenvalue weighted by molar-refractivity contribution is 8.00. The van der Waals surface area contributed by atoms with Crippen LogP contribution in [-0.4, -0.2) is 29.9 Å². The lowest BCUT2D eigenvalue weighted by Gasteiger charge is -2.16. The van der Waals surface area contributed by atoms with Gasteiger partial charge in [0, 0.05) is 12.1 Å². The Labute approximate surface area is 126 Å². The molecule has 0 radical (unpaired) electrons. The Morgan fingerprint density at radius 1 is 1.57 bits per heavy atom. The molecule has 0 fully saturated rings. The van der Waals surface area contributed by atoms with E-state index in [4.69, 9.17) is 9.15 Å². The van der Waals surface area contributed by atoms with Crippen molar-refractivity contribution in [3.63, 3.8) is 0 Å². The Morgan fingerprint density at radius 3 is 3.24 bits per heavy atom. The van der Waals surface area contributed by atoms with E-state index in [1.165, 1.54) is 11.8 Å². The summed E-state index contributed by atoms with van der Waals surface area (Å²) in [6.07, 6.45) is 4.07. The SMILES string of the molecule is CCOC(=O)CSc1nc2oc(C)cc2c2c1C=CCN2. The Kier molecular flexibility index (Phi) is 3.88. The van der Waals surface area contributed by atoms with Crippen molar-refractivity contribution in [2.45, 2.75) is 18.9 Å². The van der Waals surface area contributed by atoms with Gasteiger partial charge in [0.15, 0.2) is 0 Å². The van der Waals surface area contributed by atoms with Crippen LogP contribution in [0.3, 0.4) is 0 Å². The van der Waals surface area contributed by atoms with Crippen molar-refractivity contribution in [2.75, 3.05) is 24.2 Å². The fourth-order valence-electron chi connectivity index (χ4n) is 2.29. The zero-order chi connectivity index (χ0) is 14.8. The van der Waals surface area contributed by atoms with Crippen LogP contribution in [0.5, 0.6) is 0 Å². The zero-order valence-electron chi connectivity index (χ0n) is 11.9. The normalized spacial score (nSPS) is 13.0. The Hall–Kier alpha value is -1.95. The molecule has 1 aliphatic heterocycles. The van der Waals surface area contributed by atoms with E-state index in [2.05, 4.69) is 10.3 Å². The zero-order valence-corrected chi connectivity index (χ0v) is 12.8. The van der Waals surface area contributed by atoms with Gasteiger partial charge in [-0.3, -0.25) is 4.79 Å². The van der Waals surface area contributed by atoms with Crippen molar-refractivity contribution in [3.05, 3.63) is 23.5 Å². The summed E-state index contributed by atoms with van der Waals surface area (Å²) in [6, 6.07) is 1.98. The molecular formula is C15H16N2O3S. The first-order valence-electron chi connectivity index (χ1n) is 6.82.